The van der Waals surface area contributed by atoms with Crippen molar-refractivity contribution in [3.05, 3.63) is 51.0 Å². The Morgan fingerprint density at radius 3 is 2.27 bits per heavy atom. The van der Waals surface area contributed by atoms with Crippen LogP contribution in [0.2, 0.25) is 0 Å². The molecule has 6 nitrogen and oxygen atoms in total. The number of aromatic nitrogens is 1. The van der Waals surface area contributed by atoms with Crippen LogP contribution in [-0.2, 0) is 16.1 Å². The van der Waals surface area contributed by atoms with Crippen LogP contribution in [0.15, 0.2) is 24.3 Å². The van der Waals surface area contributed by atoms with Gasteiger partial charge in [-0.1, -0.05) is 17.2 Å². The SMILES string of the molecule is Cc1nc(CC(=O)ON2C(=O)c3ccccc3C2=O)sc1C. The van der Waals surface area contributed by atoms with Crippen LogP contribution in [0, 0.1) is 13.8 Å². The third kappa shape index (κ3) is 2.39. The van der Waals surface area contributed by atoms with E-state index < -0.39 is 17.8 Å². The average molecular weight is 316 g/mol. The molecule has 0 bridgehead atoms. The third-order valence-electron chi connectivity index (χ3n) is 3.32. The molecule has 0 aliphatic carbocycles. The second-order valence-corrected chi connectivity index (χ2v) is 6.13. The van der Waals surface area contributed by atoms with Crippen LogP contribution >= 0.6 is 11.3 Å². The molecule has 0 spiro atoms. The van der Waals surface area contributed by atoms with E-state index in [9.17, 15) is 14.4 Å². The zero-order chi connectivity index (χ0) is 15.9. The summed E-state index contributed by atoms with van der Waals surface area (Å²) in [5, 5.41) is 1.11. The Labute approximate surface area is 130 Å². The Morgan fingerprint density at radius 1 is 1.18 bits per heavy atom. The molecule has 1 aliphatic heterocycles. The number of carbonyl (C=O) groups excluding carboxylic acids is 3. The number of amides is 2. The highest BCUT2D eigenvalue weighted by atomic mass is 32.1. The predicted octanol–water partition coefficient (Wildman–Crippen LogP) is 2.06. The number of aryl methyl sites for hydroxylation is 2. The number of hydrogen-bond donors (Lipinski definition) is 0. The minimum atomic E-state index is -0.691. The van der Waals surface area contributed by atoms with Crippen LogP contribution in [0.3, 0.4) is 0 Å². The number of fused-ring (bicyclic) bond motifs is 1. The molecule has 2 aromatic rings. The molecule has 0 radical (unpaired) electrons. The number of carbonyl (C=O) groups is 3. The van der Waals surface area contributed by atoms with E-state index in [4.69, 9.17) is 4.84 Å². The van der Waals surface area contributed by atoms with Gasteiger partial charge in [-0.3, -0.25) is 9.59 Å². The van der Waals surface area contributed by atoms with Crippen molar-refractivity contribution in [3.8, 4) is 0 Å². The van der Waals surface area contributed by atoms with Gasteiger partial charge in [0, 0.05) is 4.88 Å². The molecule has 1 aliphatic rings. The largest absolute Gasteiger partial charge is 0.340 e. The van der Waals surface area contributed by atoms with Crippen LogP contribution in [0.1, 0.15) is 36.3 Å². The number of hydrogen-bond acceptors (Lipinski definition) is 6. The highest BCUT2D eigenvalue weighted by molar-refractivity contribution is 7.11. The molecular weight excluding hydrogens is 304 g/mol. The quantitative estimate of drug-likeness (QED) is 0.810. The summed E-state index contributed by atoms with van der Waals surface area (Å²) in [6.45, 7) is 3.76. The lowest BCUT2D eigenvalue weighted by Crippen LogP contribution is -2.33. The van der Waals surface area contributed by atoms with Gasteiger partial charge in [-0.05, 0) is 26.0 Å². The molecule has 7 heteroatoms. The van der Waals surface area contributed by atoms with Gasteiger partial charge >= 0.3 is 5.97 Å². The number of benzene rings is 1. The minimum Gasteiger partial charge on any atom is -0.329 e. The number of thiazole rings is 1. The molecule has 2 heterocycles. The maximum absolute atomic E-state index is 12.1. The first-order chi connectivity index (χ1) is 10.5. The van der Waals surface area contributed by atoms with E-state index in [2.05, 4.69) is 4.98 Å². The first-order valence-corrected chi connectivity index (χ1v) is 7.40. The number of rotatable bonds is 3. The molecule has 0 atom stereocenters. The summed E-state index contributed by atoms with van der Waals surface area (Å²) in [4.78, 5) is 46.2. The topological polar surface area (TPSA) is 76.6 Å². The molecule has 0 saturated heterocycles. The smallest absolute Gasteiger partial charge is 0.329 e. The zero-order valence-electron chi connectivity index (χ0n) is 12.0. The lowest BCUT2D eigenvalue weighted by atomic mass is 10.1. The molecular formula is C15H12N2O4S. The molecule has 112 valence electrons. The van der Waals surface area contributed by atoms with E-state index >= 15 is 0 Å². The fraction of sp³-hybridized carbons (Fsp3) is 0.200. The van der Waals surface area contributed by atoms with Gasteiger partial charge in [-0.2, -0.15) is 0 Å². The zero-order valence-corrected chi connectivity index (χ0v) is 12.8. The van der Waals surface area contributed by atoms with Gasteiger partial charge in [0.1, 0.15) is 11.4 Å². The van der Waals surface area contributed by atoms with Crippen LogP contribution in [0.25, 0.3) is 0 Å². The van der Waals surface area contributed by atoms with Crippen LogP contribution in [0.5, 0.6) is 0 Å². The van der Waals surface area contributed by atoms with Crippen molar-refractivity contribution in [1.82, 2.24) is 10.0 Å². The Balaban J connectivity index is 1.73. The second kappa shape index (κ2) is 5.34. The molecule has 0 unspecified atom stereocenters. The molecule has 22 heavy (non-hydrogen) atoms. The number of hydroxylamine groups is 2. The van der Waals surface area contributed by atoms with Crippen molar-refractivity contribution in [2.75, 3.05) is 0 Å². The van der Waals surface area contributed by atoms with Crippen molar-refractivity contribution < 1.29 is 19.2 Å². The number of imide groups is 1. The number of nitrogens with zero attached hydrogens (tertiary/aromatic N) is 2. The van der Waals surface area contributed by atoms with Gasteiger partial charge in [-0.25, -0.2) is 9.78 Å². The Bertz CT molecular complexity index is 742. The summed E-state index contributed by atoms with van der Waals surface area (Å²) in [7, 11) is 0. The summed E-state index contributed by atoms with van der Waals surface area (Å²) in [6.07, 6.45) is -0.0766. The normalized spacial score (nSPS) is 13.5. The summed E-state index contributed by atoms with van der Waals surface area (Å²) < 4.78 is 0. The highest BCUT2D eigenvalue weighted by Crippen LogP contribution is 2.23. The summed E-state index contributed by atoms with van der Waals surface area (Å²) >= 11 is 1.39. The first-order valence-electron chi connectivity index (χ1n) is 6.59. The standard InChI is InChI=1S/C15H12N2O4S/c1-8-9(2)22-12(16-8)7-13(18)21-17-14(19)10-5-3-4-6-11(10)15(17)20/h3-6H,7H2,1-2H3. The monoisotopic (exact) mass is 316 g/mol. The van der Waals surface area contributed by atoms with E-state index in [0.29, 0.717) is 10.1 Å². The Hall–Kier alpha value is -2.54. The van der Waals surface area contributed by atoms with Crippen molar-refractivity contribution >= 4 is 29.1 Å². The van der Waals surface area contributed by atoms with Crippen LogP contribution in [-0.4, -0.2) is 27.8 Å². The van der Waals surface area contributed by atoms with Gasteiger partial charge in [-0.15, -0.1) is 11.3 Å². The molecule has 0 fully saturated rings. The molecule has 1 aromatic carbocycles. The van der Waals surface area contributed by atoms with Gasteiger partial charge in [0.05, 0.1) is 16.8 Å². The fourth-order valence-corrected chi connectivity index (χ4v) is 3.04. The third-order valence-corrected chi connectivity index (χ3v) is 4.39. The minimum absolute atomic E-state index is 0.0766. The van der Waals surface area contributed by atoms with Gasteiger partial charge < -0.3 is 4.84 Å². The predicted molar refractivity (Wildman–Crippen MR) is 78.3 cm³/mol. The van der Waals surface area contributed by atoms with E-state index in [0.717, 1.165) is 10.6 Å². The van der Waals surface area contributed by atoms with Gasteiger partial charge in [0.25, 0.3) is 11.8 Å². The summed E-state index contributed by atoms with van der Waals surface area (Å²) in [5.41, 5.74) is 1.33. The Morgan fingerprint density at radius 2 is 1.77 bits per heavy atom. The molecule has 1 aromatic heterocycles. The fourth-order valence-electron chi connectivity index (χ4n) is 2.12. The lowest BCUT2D eigenvalue weighted by molar-refractivity contribution is -0.167. The van der Waals surface area contributed by atoms with E-state index in [1.807, 2.05) is 13.8 Å². The first kappa shape index (κ1) is 14.4. The van der Waals surface area contributed by atoms with Crippen LogP contribution < -0.4 is 0 Å². The van der Waals surface area contributed by atoms with Gasteiger partial charge in [0.15, 0.2) is 0 Å². The van der Waals surface area contributed by atoms with Crippen molar-refractivity contribution in [2.45, 2.75) is 20.3 Å². The summed E-state index contributed by atoms with van der Waals surface area (Å²) in [5.74, 6) is -1.94. The maximum atomic E-state index is 12.1. The maximum Gasteiger partial charge on any atom is 0.340 e. The van der Waals surface area contributed by atoms with E-state index in [1.54, 1.807) is 12.1 Å². The molecule has 2 amide bonds. The van der Waals surface area contributed by atoms with E-state index in [1.165, 1.54) is 23.5 Å². The molecule has 0 N–H and O–H groups in total. The van der Waals surface area contributed by atoms with Crippen molar-refractivity contribution in [3.63, 3.8) is 0 Å². The highest BCUT2D eigenvalue weighted by Gasteiger charge is 2.38. The average Bonchev–Trinajstić information content (AvgIpc) is 2.92. The van der Waals surface area contributed by atoms with E-state index in [-0.39, 0.29) is 17.5 Å². The lowest BCUT2D eigenvalue weighted by Gasteiger charge is -2.11. The molecule has 0 saturated carbocycles. The second-order valence-electron chi connectivity index (χ2n) is 4.84. The molecule has 3 rings (SSSR count). The van der Waals surface area contributed by atoms with Gasteiger partial charge in [0.2, 0.25) is 0 Å². The van der Waals surface area contributed by atoms with Crippen molar-refractivity contribution in [1.29, 1.82) is 0 Å². The van der Waals surface area contributed by atoms with Crippen LogP contribution in [0.4, 0.5) is 0 Å². The summed E-state index contributed by atoms with van der Waals surface area (Å²) in [6, 6.07) is 6.35. The van der Waals surface area contributed by atoms with Crippen molar-refractivity contribution in [2.24, 2.45) is 0 Å². The Kier molecular flexibility index (Phi) is 3.50.